The zero-order valence-electron chi connectivity index (χ0n) is 11.0. The highest BCUT2D eigenvalue weighted by atomic mass is 16.5. The van der Waals surface area contributed by atoms with Crippen molar-refractivity contribution in [3.8, 4) is 5.75 Å². The second-order valence-electron chi connectivity index (χ2n) is 4.97. The van der Waals surface area contributed by atoms with Crippen LogP contribution in [0.2, 0.25) is 0 Å². The van der Waals surface area contributed by atoms with Crippen LogP contribution in [0.5, 0.6) is 5.75 Å². The summed E-state index contributed by atoms with van der Waals surface area (Å²) in [4.78, 5) is 0. The first kappa shape index (κ1) is 13.4. The fraction of sp³-hybridized carbons (Fsp3) is 0.600. The summed E-state index contributed by atoms with van der Waals surface area (Å²) in [6.45, 7) is 4.44. The van der Waals surface area contributed by atoms with Gasteiger partial charge >= 0.3 is 0 Å². The molecular formula is C15H22O3. The van der Waals surface area contributed by atoms with Crippen LogP contribution in [0.1, 0.15) is 18.4 Å². The Morgan fingerprint density at radius 3 is 2.72 bits per heavy atom. The molecule has 1 aromatic rings. The van der Waals surface area contributed by atoms with Gasteiger partial charge in [0.15, 0.2) is 0 Å². The number of para-hydroxylation sites is 1. The Bertz CT molecular complexity index is 359. The van der Waals surface area contributed by atoms with Crippen LogP contribution in [0.25, 0.3) is 0 Å². The summed E-state index contributed by atoms with van der Waals surface area (Å²) >= 11 is 0. The van der Waals surface area contributed by atoms with Gasteiger partial charge in [-0.2, -0.15) is 0 Å². The summed E-state index contributed by atoms with van der Waals surface area (Å²) in [7, 11) is 0. The van der Waals surface area contributed by atoms with E-state index in [1.54, 1.807) is 0 Å². The summed E-state index contributed by atoms with van der Waals surface area (Å²) in [5, 5.41) is 9.50. The molecule has 18 heavy (non-hydrogen) atoms. The van der Waals surface area contributed by atoms with Crippen molar-refractivity contribution in [1.29, 1.82) is 0 Å². The van der Waals surface area contributed by atoms with Crippen LogP contribution in [-0.2, 0) is 4.74 Å². The minimum Gasteiger partial charge on any atom is -0.493 e. The SMILES string of the molecule is Cc1ccccc1OCC(CO)C1CCOCC1. The third-order valence-electron chi connectivity index (χ3n) is 3.71. The van der Waals surface area contributed by atoms with E-state index in [-0.39, 0.29) is 12.5 Å². The van der Waals surface area contributed by atoms with Gasteiger partial charge in [0.05, 0.1) is 6.61 Å². The molecule has 0 spiro atoms. The quantitative estimate of drug-likeness (QED) is 0.872. The van der Waals surface area contributed by atoms with E-state index in [0.29, 0.717) is 12.5 Å². The molecule has 0 saturated carbocycles. The van der Waals surface area contributed by atoms with E-state index in [1.807, 2.05) is 31.2 Å². The van der Waals surface area contributed by atoms with E-state index in [9.17, 15) is 5.11 Å². The number of aliphatic hydroxyl groups excluding tert-OH is 1. The highest BCUT2D eigenvalue weighted by Gasteiger charge is 2.24. The number of hydrogen-bond donors (Lipinski definition) is 1. The van der Waals surface area contributed by atoms with Crippen molar-refractivity contribution in [2.75, 3.05) is 26.4 Å². The molecule has 100 valence electrons. The standard InChI is InChI=1S/C15H22O3/c1-12-4-2-3-5-15(12)18-11-14(10-16)13-6-8-17-9-7-13/h2-5,13-14,16H,6-11H2,1H3. The minimum atomic E-state index is 0.191. The van der Waals surface area contributed by atoms with Crippen molar-refractivity contribution in [2.24, 2.45) is 11.8 Å². The summed E-state index contributed by atoms with van der Waals surface area (Å²) in [5.74, 6) is 1.66. The van der Waals surface area contributed by atoms with E-state index < -0.39 is 0 Å². The molecule has 1 atom stereocenters. The molecule has 3 heteroatoms. The fourth-order valence-corrected chi connectivity index (χ4v) is 2.44. The zero-order chi connectivity index (χ0) is 12.8. The second-order valence-corrected chi connectivity index (χ2v) is 4.97. The predicted octanol–water partition coefficient (Wildman–Crippen LogP) is 2.41. The number of benzene rings is 1. The van der Waals surface area contributed by atoms with E-state index in [0.717, 1.165) is 37.4 Å². The van der Waals surface area contributed by atoms with Gasteiger partial charge in [-0.25, -0.2) is 0 Å². The predicted molar refractivity (Wildman–Crippen MR) is 70.8 cm³/mol. The van der Waals surface area contributed by atoms with Gasteiger partial charge in [0.2, 0.25) is 0 Å². The average Bonchev–Trinajstić information content (AvgIpc) is 2.42. The first-order valence-electron chi connectivity index (χ1n) is 6.68. The zero-order valence-corrected chi connectivity index (χ0v) is 11.0. The molecule has 0 aliphatic carbocycles. The lowest BCUT2D eigenvalue weighted by Gasteiger charge is -2.29. The molecule has 0 aromatic heterocycles. The topological polar surface area (TPSA) is 38.7 Å². The average molecular weight is 250 g/mol. The van der Waals surface area contributed by atoms with Crippen molar-refractivity contribution < 1.29 is 14.6 Å². The number of aryl methyl sites for hydroxylation is 1. The van der Waals surface area contributed by atoms with Gasteiger partial charge in [0.25, 0.3) is 0 Å². The monoisotopic (exact) mass is 250 g/mol. The van der Waals surface area contributed by atoms with Crippen molar-refractivity contribution in [1.82, 2.24) is 0 Å². The minimum absolute atomic E-state index is 0.191. The molecule has 1 fully saturated rings. The van der Waals surface area contributed by atoms with Gasteiger partial charge in [-0.05, 0) is 37.3 Å². The Morgan fingerprint density at radius 1 is 1.33 bits per heavy atom. The van der Waals surface area contributed by atoms with Crippen molar-refractivity contribution in [3.63, 3.8) is 0 Å². The Kier molecular flexibility index (Phi) is 5.02. The molecule has 0 bridgehead atoms. The lowest BCUT2D eigenvalue weighted by Crippen LogP contribution is -2.30. The molecule has 1 aliphatic heterocycles. The third-order valence-corrected chi connectivity index (χ3v) is 3.71. The van der Waals surface area contributed by atoms with Crippen molar-refractivity contribution in [3.05, 3.63) is 29.8 Å². The maximum atomic E-state index is 9.50. The molecule has 2 rings (SSSR count). The molecule has 1 unspecified atom stereocenters. The van der Waals surface area contributed by atoms with E-state index >= 15 is 0 Å². The van der Waals surface area contributed by atoms with Crippen molar-refractivity contribution >= 4 is 0 Å². The van der Waals surface area contributed by atoms with Gasteiger partial charge in [-0.1, -0.05) is 18.2 Å². The van der Waals surface area contributed by atoms with E-state index in [2.05, 4.69) is 0 Å². The van der Waals surface area contributed by atoms with Gasteiger partial charge in [0.1, 0.15) is 5.75 Å². The molecule has 1 saturated heterocycles. The first-order valence-corrected chi connectivity index (χ1v) is 6.68. The van der Waals surface area contributed by atoms with Crippen LogP contribution >= 0.6 is 0 Å². The Balaban J connectivity index is 1.88. The maximum absolute atomic E-state index is 9.50. The normalized spacial score (nSPS) is 18.6. The van der Waals surface area contributed by atoms with E-state index in [1.165, 1.54) is 0 Å². The smallest absolute Gasteiger partial charge is 0.122 e. The summed E-state index contributed by atoms with van der Waals surface area (Å²) in [6, 6.07) is 8.00. The van der Waals surface area contributed by atoms with Crippen LogP contribution in [-0.4, -0.2) is 31.5 Å². The number of ether oxygens (including phenoxy) is 2. The third kappa shape index (κ3) is 3.47. The first-order chi connectivity index (χ1) is 8.81. The molecule has 1 heterocycles. The fourth-order valence-electron chi connectivity index (χ4n) is 2.44. The van der Waals surface area contributed by atoms with Crippen LogP contribution in [0.15, 0.2) is 24.3 Å². The number of aliphatic hydroxyl groups is 1. The Labute approximate surface area is 109 Å². The van der Waals surface area contributed by atoms with Crippen LogP contribution in [0, 0.1) is 18.8 Å². The summed E-state index contributed by atoms with van der Waals surface area (Å²) in [6.07, 6.45) is 2.06. The number of rotatable bonds is 5. The maximum Gasteiger partial charge on any atom is 0.122 e. The second kappa shape index (κ2) is 6.76. The lowest BCUT2D eigenvalue weighted by molar-refractivity contribution is 0.0198. The van der Waals surface area contributed by atoms with Crippen LogP contribution < -0.4 is 4.74 Å². The lowest BCUT2D eigenvalue weighted by atomic mass is 9.87. The van der Waals surface area contributed by atoms with Gasteiger partial charge < -0.3 is 14.6 Å². The summed E-state index contributed by atoms with van der Waals surface area (Å²) in [5.41, 5.74) is 1.14. The van der Waals surface area contributed by atoms with Gasteiger partial charge in [-0.15, -0.1) is 0 Å². The molecule has 1 N–H and O–H groups in total. The summed E-state index contributed by atoms with van der Waals surface area (Å²) < 4.78 is 11.2. The Morgan fingerprint density at radius 2 is 2.06 bits per heavy atom. The molecule has 1 aliphatic rings. The Hall–Kier alpha value is -1.06. The van der Waals surface area contributed by atoms with Gasteiger partial charge in [-0.3, -0.25) is 0 Å². The molecular weight excluding hydrogens is 228 g/mol. The van der Waals surface area contributed by atoms with E-state index in [4.69, 9.17) is 9.47 Å². The van der Waals surface area contributed by atoms with Crippen molar-refractivity contribution in [2.45, 2.75) is 19.8 Å². The number of hydrogen-bond acceptors (Lipinski definition) is 3. The molecule has 1 aromatic carbocycles. The highest BCUT2D eigenvalue weighted by Crippen LogP contribution is 2.25. The molecule has 0 radical (unpaired) electrons. The van der Waals surface area contributed by atoms with Gasteiger partial charge in [0, 0.05) is 25.7 Å². The largest absolute Gasteiger partial charge is 0.493 e. The highest BCUT2D eigenvalue weighted by molar-refractivity contribution is 5.31. The molecule has 0 amide bonds. The van der Waals surface area contributed by atoms with Crippen LogP contribution in [0.4, 0.5) is 0 Å². The molecule has 3 nitrogen and oxygen atoms in total. The van der Waals surface area contributed by atoms with Crippen LogP contribution in [0.3, 0.4) is 0 Å².